The average molecular weight is 318 g/mol. The fraction of sp³-hybridized carbons (Fsp3) is 0.267. The lowest BCUT2D eigenvalue weighted by Crippen LogP contribution is -2.05. The van der Waals surface area contributed by atoms with Crippen LogP contribution in [0.15, 0.2) is 24.3 Å². The largest absolute Gasteiger partial charge is 0.390 e. The van der Waals surface area contributed by atoms with Crippen molar-refractivity contribution in [3.8, 4) is 5.13 Å². The van der Waals surface area contributed by atoms with Crippen molar-refractivity contribution in [2.45, 2.75) is 26.9 Å². The van der Waals surface area contributed by atoms with Gasteiger partial charge in [-0.1, -0.05) is 28.7 Å². The minimum Gasteiger partial charge on any atom is -0.390 e. The molecule has 1 N–H and O–H groups in total. The van der Waals surface area contributed by atoms with E-state index < -0.39 is 0 Å². The van der Waals surface area contributed by atoms with Gasteiger partial charge < -0.3 is 5.11 Å². The molecule has 2 aromatic heterocycles. The molecule has 0 aliphatic carbocycles. The van der Waals surface area contributed by atoms with Gasteiger partial charge in [0.25, 0.3) is 0 Å². The number of aromatic nitrogens is 4. The highest BCUT2D eigenvalue weighted by Gasteiger charge is 2.17. The monoisotopic (exact) mass is 318 g/mol. The van der Waals surface area contributed by atoms with Gasteiger partial charge in [0.15, 0.2) is 0 Å². The van der Waals surface area contributed by atoms with Crippen LogP contribution in [0, 0.1) is 19.7 Å². The predicted molar refractivity (Wildman–Crippen MR) is 81.6 cm³/mol. The lowest BCUT2D eigenvalue weighted by molar-refractivity contribution is 0.275. The van der Waals surface area contributed by atoms with Crippen LogP contribution < -0.4 is 0 Å². The summed E-state index contributed by atoms with van der Waals surface area (Å²) in [6.07, 6.45) is 0.501. The second kappa shape index (κ2) is 5.94. The molecule has 0 atom stereocenters. The molecule has 0 spiro atoms. The first-order chi connectivity index (χ1) is 10.6. The first kappa shape index (κ1) is 14.8. The standard InChI is InChI=1S/C15H15FN4OS/c1-9-10(2)22-15(17-9)20-14(13(8-21)18-19-20)7-11-3-5-12(16)6-4-11/h3-6,21H,7-8H2,1-2H3. The van der Waals surface area contributed by atoms with Crippen LogP contribution >= 0.6 is 11.3 Å². The Bertz CT molecular complexity index is 775. The van der Waals surface area contributed by atoms with E-state index in [1.165, 1.54) is 23.5 Å². The zero-order valence-electron chi connectivity index (χ0n) is 12.2. The van der Waals surface area contributed by atoms with Gasteiger partial charge in [-0.25, -0.2) is 9.37 Å². The predicted octanol–water partition coefficient (Wildman–Crippen LogP) is 2.56. The smallest absolute Gasteiger partial charge is 0.212 e. The third kappa shape index (κ3) is 2.77. The van der Waals surface area contributed by atoms with Gasteiger partial charge in [-0.15, -0.1) is 5.10 Å². The summed E-state index contributed by atoms with van der Waals surface area (Å²) >= 11 is 1.53. The van der Waals surface area contributed by atoms with Gasteiger partial charge in [-0.2, -0.15) is 4.68 Å². The molecule has 0 unspecified atom stereocenters. The van der Waals surface area contributed by atoms with E-state index in [0.717, 1.165) is 27.0 Å². The van der Waals surface area contributed by atoms with Crippen LogP contribution in [0.4, 0.5) is 4.39 Å². The highest BCUT2D eigenvalue weighted by Crippen LogP contribution is 2.23. The van der Waals surface area contributed by atoms with Crippen LogP contribution in [0.5, 0.6) is 0 Å². The lowest BCUT2D eigenvalue weighted by atomic mass is 10.1. The van der Waals surface area contributed by atoms with Gasteiger partial charge in [0.1, 0.15) is 11.5 Å². The summed E-state index contributed by atoms with van der Waals surface area (Å²) in [6.45, 7) is 3.75. The Morgan fingerprint density at radius 2 is 1.95 bits per heavy atom. The van der Waals surface area contributed by atoms with E-state index in [-0.39, 0.29) is 12.4 Å². The highest BCUT2D eigenvalue weighted by atomic mass is 32.1. The van der Waals surface area contributed by atoms with E-state index in [4.69, 9.17) is 0 Å². The Balaban J connectivity index is 2.01. The van der Waals surface area contributed by atoms with Crippen molar-refractivity contribution in [3.63, 3.8) is 0 Å². The Kier molecular flexibility index (Phi) is 4.00. The number of benzene rings is 1. The number of thiazole rings is 1. The van der Waals surface area contributed by atoms with Gasteiger partial charge >= 0.3 is 0 Å². The Hall–Kier alpha value is -2.12. The van der Waals surface area contributed by atoms with E-state index in [9.17, 15) is 9.50 Å². The van der Waals surface area contributed by atoms with Crippen molar-refractivity contribution in [3.05, 3.63) is 57.6 Å². The molecule has 1 aromatic carbocycles. The Morgan fingerprint density at radius 3 is 2.55 bits per heavy atom. The molecule has 0 bridgehead atoms. The summed E-state index contributed by atoms with van der Waals surface area (Å²) in [6, 6.07) is 6.26. The van der Waals surface area contributed by atoms with Crippen LogP contribution in [-0.4, -0.2) is 25.1 Å². The van der Waals surface area contributed by atoms with Crippen molar-refractivity contribution in [1.82, 2.24) is 20.0 Å². The third-order valence-corrected chi connectivity index (χ3v) is 4.53. The van der Waals surface area contributed by atoms with Gasteiger partial charge in [0, 0.05) is 11.3 Å². The zero-order chi connectivity index (χ0) is 15.7. The van der Waals surface area contributed by atoms with Crippen molar-refractivity contribution < 1.29 is 9.50 Å². The van der Waals surface area contributed by atoms with Crippen molar-refractivity contribution in [1.29, 1.82) is 0 Å². The number of aryl methyl sites for hydroxylation is 2. The van der Waals surface area contributed by atoms with Crippen LogP contribution in [-0.2, 0) is 13.0 Å². The molecule has 22 heavy (non-hydrogen) atoms. The number of hydrogen-bond acceptors (Lipinski definition) is 5. The average Bonchev–Trinajstić information content (AvgIpc) is 3.05. The number of rotatable bonds is 4. The molecule has 5 nitrogen and oxygen atoms in total. The van der Waals surface area contributed by atoms with Crippen LogP contribution in [0.2, 0.25) is 0 Å². The van der Waals surface area contributed by atoms with Crippen LogP contribution in [0.25, 0.3) is 5.13 Å². The van der Waals surface area contributed by atoms with Crippen molar-refractivity contribution in [2.75, 3.05) is 0 Å². The Morgan fingerprint density at radius 1 is 1.23 bits per heavy atom. The number of aliphatic hydroxyl groups is 1. The molecule has 114 valence electrons. The number of aliphatic hydroxyl groups excluding tert-OH is 1. The highest BCUT2D eigenvalue weighted by molar-refractivity contribution is 7.14. The van der Waals surface area contributed by atoms with Gasteiger partial charge in [0.2, 0.25) is 5.13 Å². The minimum atomic E-state index is -0.274. The molecule has 0 fully saturated rings. The summed E-state index contributed by atoms with van der Waals surface area (Å²) < 4.78 is 14.7. The summed E-state index contributed by atoms with van der Waals surface area (Å²) in [5, 5.41) is 18.3. The van der Waals surface area contributed by atoms with Gasteiger partial charge in [-0.3, -0.25) is 0 Å². The third-order valence-electron chi connectivity index (χ3n) is 3.48. The maximum absolute atomic E-state index is 13.0. The van der Waals surface area contributed by atoms with E-state index >= 15 is 0 Å². The van der Waals surface area contributed by atoms with Crippen LogP contribution in [0.3, 0.4) is 0 Å². The number of nitrogens with zero attached hydrogens (tertiary/aromatic N) is 4. The molecule has 0 aliphatic rings. The van der Waals surface area contributed by atoms with Crippen LogP contribution in [0.1, 0.15) is 27.5 Å². The van der Waals surface area contributed by atoms with E-state index in [1.54, 1.807) is 16.8 Å². The molecule has 3 rings (SSSR count). The van der Waals surface area contributed by atoms with Crippen molar-refractivity contribution in [2.24, 2.45) is 0 Å². The molecule has 3 aromatic rings. The zero-order valence-corrected chi connectivity index (χ0v) is 13.1. The topological polar surface area (TPSA) is 63.8 Å². The molecule has 0 amide bonds. The maximum Gasteiger partial charge on any atom is 0.212 e. The molecular weight excluding hydrogens is 303 g/mol. The lowest BCUT2D eigenvalue weighted by Gasteiger charge is -2.05. The number of halogens is 1. The first-order valence-electron chi connectivity index (χ1n) is 6.81. The van der Waals surface area contributed by atoms with Gasteiger partial charge in [0.05, 0.1) is 18.0 Å². The first-order valence-corrected chi connectivity index (χ1v) is 7.63. The van der Waals surface area contributed by atoms with Crippen molar-refractivity contribution >= 4 is 11.3 Å². The molecule has 2 heterocycles. The van der Waals surface area contributed by atoms with E-state index in [2.05, 4.69) is 15.3 Å². The fourth-order valence-corrected chi connectivity index (χ4v) is 3.01. The normalized spacial score (nSPS) is 11.1. The number of hydrogen-bond donors (Lipinski definition) is 1. The van der Waals surface area contributed by atoms with E-state index in [0.29, 0.717) is 12.1 Å². The quantitative estimate of drug-likeness (QED) is 0.803. The molecular formula is C15H15FN4OS. The Labute approximate surface area is 131 Å². The SMILES string of the molecule is Cc1nc(-n2nnc(CO)c2Cc2ccc(F)cc2)sc1C. The summed E-state index contributed by atoms with van der Waals surface area (Å²) in [7, 11) is 0. The molecule has 0 saturated heterocycles. The van der Waals surface area contributed by atoms with E-state index in [1.807, 2.05) is 13.8 Å². The second-order valence-corrected chi connectivity index (χ2v) is 6.18. The summed E-state index contributed by atoms with van der Waals surface area (Å²) in [5.74, 6) is -0.274. The minimum absolute atomic E-state index is 0.195. The summed E-state index contributed by atoms with van der Waals surface area (Å²) in [5.41, 5.74) is 3.15. The molecule has 0 aliphatic heterocycles. The molecule has 0 saturated carbocycles. The van der Waals surface area contributed by atoms with Gasteiger partial charge in [-0.05, 0) is 31.5 Å². The molecule has 0 radical (unpaired) electrons. The maximum atomic E-state index is 13.0. The fourth-order valence-electron chi connectivity index (χ4n) is 2.13. The second-order valence-electron chi connectivity index (χ2n) is 4.99. The molecule has 7 heteroatoms. The summed E-state index contributed by atoms with van der Waals surface area (Å²) in [4.78, 5) is 5.60.